The van der Waals surface area contributed by atoms with Gasteiger partial charge >= 0.3 is 0 Å². The lowest BCUT2D eigenvalue weighted by Gasteiger charge is -2.34. The van der Waals surface area contributed by atoms with Gasteiger partial charge in [0.1, 0.15) is 5.41 Å². The van der Waals surface area contributed by atoms with E-state index in [1.165, 1.54) is 0 Å². The van der Waals surface area contributed by atoms with E-state index in [0.717, 1.165) is 24.8 Å². The summed E-state index contributed by atoms with van der Waals surface area (Å²) >= 11 is 5.92. The van der Waals surface area contributed by atoms with Gasteiger partial charge in [0.25, 0.3) is 0 Å². The molecule has 0 heterocycles. The van der Waals surface area contributed by atoms with Crippen molar-refractivity contribution < 1.29 is 10.0 Å². The standard InChI is InChI=1S/C15H20ClN3O2/c1-10-9-11(16)5-6-12(10)18-14(20)15(13(17)19-21)7-3-2-4-8-15/h5-6,9,21H,2-4,7-8H2,1H3,(H2,17,19)(H,18,20). The smallest absolute Gasteiger partial charge is 0.238 e. The average Bonchev–Trinajstić information content (AvgIpc) is 2.49. The molecule has 4 N–H and O–H groups in total. The molecule has 0 atom stereocenters. The summed E-state index contributed by atoms with van der Waals surface area (Å²) in [5.74, 6) is -0.228. The molecular formula is C15H20ClN3O2. The fourth-order valence-corrected chi connectivity index (χ4v) is 3.09. The van der Waals surface area contributed by atoms with E-state index in [9.17, 15) is 4.79 Å². The Morgan fingerprint density at radius 2 is 2.05 bits per heavy atom. The van der Waals surface area contributed by atoms with Crippen molar-refractivity contribution in [3.05, 3.63) is 28.8 Å². The van der Waals surface area contributed by atoms with Crippen molar-refractivity contribution >= 4 is 29.0 Å². The summed E-state index contributed by atoms with van der Waals surface area (Å²) in [5.41, 5.74) is 6.47. The predicted octanol–water partition coefficient (Wildman–Crippen LogP) is 3.28. The maximum atomic E-state index is 12.7. The van der Waals surface area contributed by atoms with Crippen molar-refractivity contribution in [2.45, 2.75) is 39.0 Å². The van der Waals surface area contributed by atoms with Crippen molar-refractivity contribution in [2.75, 3.05) is 5.32 Å². The average molecular weight is 310 g/mol. The topological polar surface area (TPSA) is 87.7 Å². The highest BCUT2D eigenvalue weighted by molar-refractivity contribution is 6.30. The molecule has 1 saturated carbocycles. The van der Waals surface area contributed by atoms with Crippen LogP contribution in [0.1, 0.15) is 37.7 Å². The second-order valence-electron chi connectivity index (χ2n) is 5.54. The van der Waals surface area contributed by atoms with Crippen LogP contribution in [-0.2, 0) is 4.79 Å². The number of nitrogens with two attached hydrogens (primary N) is 1. The minimum Gasteiger partial charge on any atom is -0.409 e. The van der Waals surface area contributed by atoms with Crippen molar-refractivity contribution in [1.29, 1.82) is 0 Å². The number of amidine groups is 1. The Morgan fingerprint density at radius 1 is 1.38 bits per heavy atom. The molecule has 114 valence electrons. The van der Waals surface area contributed by atoms with Gasteiger partial charge in [0.05, 0.1) is 0 Å². The zero-order valence-corrected chi connectivity index (χ0v) is 12.8. The first-order chi connectivity index (χ1) is 9.99. The quantitative estimate of drug-likeness (QED) is 0.346. The summed E-state index contributed by atoms with van der Waals surface area (Å²) < 4.78 is 0. The molecule has 0 spiro atoms. The van der Waals surface area contributed by atoms with E-state index in [1.54, 1.807) is 18.2 Å². The van der Waals surface area contributed by atoms with Crippen LogP contribution in [0.15, 0.2) is 23.4 Å². The van der Waals surface area contributed by atoms with Crippen LogP contribution in [0, 0.1) is 12.3 Å². The Bertz CT molecular complexity index is 566. The largest absolute Gasteiger partial charge is 0.409 e. The number of oxime groups is 1. The maximum absolute atomic E-state index is 12.7. The third kappa shape index (κ3) is 3.13. The minimum absolute atomic E-state index is 0.00804. The fraction of sp³-hybridized carbons (Fsp3) is 0.467. The number of nitrogens with one attached hydrogen (secondary N) is 1. The number of hydrogen-bond acceptors (Lipinski definition) is 3. The van der Waals surface area contributed by atoms with E-state index in [0.29, 0.717) is 23.6 Å². The summed E-state index contributed by atoms with van der Waals surface area (Å²) in [5, 5.41) is 15.6. The normalized spacial score (nSPS) is 18.3. The zero-order chi connectivity index (χ0) is 15.5. The van der Waals surface area contributed by atoms with Gasteiger partial charge in [-0.25, -0.2) is 0 Å². The molecule has 0 saturated heterocycles. The third-order valence-corrected chi connectivity index (χ3v) is 4.41. The predicted molar refractivity (Wildman–Crippen MR) is 83.7 cm³/mol. The first-order valence-corrected chi connectivity index (χ1v) is 7.43. The number of aryl methyl sites for hydroxylation is 1. The highest BCUT2D eigenvalue weighted by Crippen LogP contribution is 2.38. The second kappa shape index (κ2) is 6.35. The Hall–Kier alpha value is -1.75. The number of rotatable bonds is 3. The molecule has 2 rings (SSSR count). The molecule has 1 fully saturated rings. The van der Waals surface area contributed by atoms with Gasteiger partial charge in [0, 0.05) is 10.7 Å². The Morgan fingerprint density at radius 3 is 2.62 bits per heavy atom. The SMILES string of the molecule is Cc1cc(Cl)ccc1NC(=O)C1(C(N)=NO)CCCCC1. The van der Waals surface area contributed by atoms with Gasteiger partial charge in [-0.2, -0.15) is 0 Å². The monoisotopic (exact) mass is 309 g/mol. The van der Waals surface area contributed by atoms with E-state index in [-0.39, 0.29) is 11.7 Å². The molecule has 1 aromatic rings. The molecule has 0 aromatic heterocycles. The van der Waals surface area contributed by atoms with E-state index in [2.05, 4.69) is 10.5 Å². The van der Waals surface area contributed by atoms with Crippen LogP contribution >= 0.6 is 11.6 Å². The molecule has 1 amide bonds. The van der Waals surface area contributed by atoms with Crippen LogP contribution in [0.4, 0.5) is 5.69 Å². The number of halogens is 1. The van der Waals surface area contributed by atoms with Crippen LogP contribution < -0.4 is 11.1 Å². The Kier molecular flexibility index (Phi) is 4.73. The minimum atomic E-state index is -0.918. The van der Waals surface area contributed by atoms with Crippen molar-refractivity contribution in [3.63, 3.8) is 0 Å². The first-order valence-electron chi connectivity index (χ1n) is 7.05. The molecule has 21 heavy (non-hydrogen) atoms. The number of anilines is 1. The highest BCUT2D eigenvalue weighted by Gasteiger charge is 2.44. The lowest BCUT2D eigenvalue weighted by Crippen LogP contribution is -2.48. The number of nitrogens with zero attached hydrogens (tertiary/aromatic N) is 1. The number of benzene rings is 1. The van der Waals surface area contributed by atoms with Crippen LogP contribution in [-0.4, -0.2) is 17.0 Å². The molecule has 1 aliphatic rings. The lowest BCUT2D eigenvalue weighted by molar-refractivity contribution is -0.123. The van der Waals surface area contributed by atoms with Gasteiger partial charge in [-0.05, 0) is 43.5 Å². The zero-order valence-electron chi connectivity index (χ0n) is 12.0. The second-order valence-corrected chi connectivity index (χ2v) is 5.98. The number of carbonyl (C=O) groups is 1. The molecule has 5 nitrogen and oxygen atoms in total. The van der Waals surface area contributed by atoms with E-state index < -0.39 is 5.41 Å². The molecule has 6 heteroatoms. The Labute approximate surface area is 129 Å². The van der Waals surface area contributed by atoms with Gasteiger partial charge in [-0.1, -0.05) is 36.0 Å². The van der Waals surface area contributed by atoms with Crippen LogP contribution in [0.25, 0.3) is 0 Å². The molecule has 1 aromatic carbocycles. The summed E-state index contributed by atoms with van der Waals surface area (Å²) in [6, 6.07) is 5.27. The van der Waals surface area contributed by atoms with Gasteiger partial charge in [-0.3, -0.25) is 4.79 Å². The van der Waals surface area contributed by atoms with Crippen molar-refractivity contribution in [1.82, 2.24) is 0 Å². The summed E-state index contributed by atoms with van der Waals surface area (Å²) in [6.07, 6.45) is 4.04. The first kappa shape index (κ1) is 15.6. The Balaban J connectivity index is 2.27. The van der Waals surface area contributed by atoms with Gasteiger partial charge < -0.3 is 16.3 Å². The van der Waals surface area contributed by atoms with Gasteiger partial charge in [0.2, 0.25) is 5.91 Å². The van der Waals surface area contributed by atoms with E-state index >= 15 is 0 Å². The van der Waals surface area contributed by atoms with E-state index in [1.807, 2.05) is 6.92 Å². The van der Waals surface area contributed by atoms with Crippen molar-refractivity contribution in [2.24, 2.45) is 16.3 Å². The number of amides is 1. The molecular weight excluding hydrogens is 290 g/mol. The van der Waals surface area contributed by atoms with Crippen LogP contribution in [0.3, 0.4) is 0 Å². The number of hydrogen-bond donors (Lipinski definition) is 3. The molecule has 0 aliphatic heterocycles. The van der Waals surface area contributed by atoms with Gasteiger partial charge in [0.15, 0.2) is 5.84 Å². The lowest BCUT2D eigenvalue weighted by atomic mass is 9.72. The van der Waals surface area contributed by atoms with Crippen LogP contribution in [0.2, 0.25) is 5.02 Å². The molecule has 0 unspecified atom stereocenters. The maximum Gasteiger partial charge on any atom is 0.238 e. The molecule has 1 aliphatic carbocycles. The molecule has 0 radical (unpaired) electrons. The van der Waals surface area contributed by atoms with E-state index in [4.69, 9.17) is 22.5 Å². The van der Waals surface area contributed by atoms with Crippen molar-refractivity contribution in [3.8, 4) is 0 Å². The third-order valence-electron chi connectivity index (χ3n) is 4.18. The summed E-state index contributed by atoms with van der Waals surface area (Å²) in [7, 11) is 0. The molecule has 0 bridgehead atoms. The summed E-state index contributed by atoms with van der Waals surface area (Å²) in [4.78, 5) is 12.7. The summed E-state index contributed by atoms with van der Waals surface area (Å²) in [6.45, 7) is 1.87. The highest BCUT2D eigenvalue weighted by atomic mass is 35.5. The fourth-order valence-electron chi connectivity index (χ4n) is 2.86. The number of carbonyl (C=O) groups excluding carboxylic acids is 1. The van der Waals surface area contributed by atoms with Crippen LogP contribution in [0.5, 0.6) is 0 Å². The van der Waals surface area contributed by atoms with Gasteiger partial charge in [-0.15, -0.1) is 0 Å².